The van der Waals surface area contributed by atoms with E-state index in [4.69, 9.17) is 4.74 Å². The van der Waals surface area contributed by atoms with Crippen LogP contribution in [0, 0.1) is 0 Å². The van der Waals surface area contributed by atoms with Crippen molar-refractivity contribution in [2.24, 2.45) is 0 Å². The molecular weight excluding hydrogens is 256 g/mol. The van der Waals surface area contributed by atoms with Gasteiger partial charge in [0, 0.05) is 12.6 Å². The van der Waals surface area contributed by atoms with Crippen molar-refractivity contribution in [3.8, 4) is 0 Å². The monoisotopic (exact) mass is 274 g/mol. The van der Waals surface area contributed by atoms with Gasteiger partial charge in [0.1, 0.15) is 6.10 Å². The number of ether oxygens (including phenoxy) is 1. The van der Waals surface area contributed by atoms with Gasteiger partial charge < -0.3 is 15.4 Å². The molecule has 1 atom stereocenters. The number of rotatable bonds is 4. The third-order valence-corrected chi connectivity index (χ3v) is 3.56. The Morgan fingerprint density at radius 2 is 1.95 bits per heavy atom. The second-order valence-electron chi connectivity index (χ2n) is 5.28. The zero-order chi connectivity index (χ0) is 13.9. The van der Waals surface area contributed by atoms with E-state index < -0.39 is 6.10 Å². The van der Waals surface area contributed by atoms with Gasteiger partial charge in [-0.3, -0.25) is 9.59 Å². The Hall–Kier alpha value is -1.88. The first-order valence-electron chi connectivity index (χ1n) is 7.06. The lowest BCUT2D eigenvalue weighted by molar-refractivity contribution is -0.124. The molecule has 1 aromatic carbocycles. The average Bonchev–Trinajstić information content (AvgIpc) is 3.08. The molecule has 0 radical (unpaired) electrons. The summed E-state index contributed by atoms with van der Waals surface area (Å²) in [7, 11) is 0. The number of hydrogen-bond acceptors (Lipinski definition) is 3. The molecule has 1 aromatic rings. The first-order chi connectivity index (χ1) is 9.74. The number of carbonyl (C=O) groups is 2. The van der Waals surface area contributed by atoms with E-state index in [0.717, 1.165) is 25.7 Å². The molecule has 5 nitrogen and oxygen atoms in total. The summed E-state index contributed by atoms with van der Waals surface area (Å²) in [6, 6.07) is 7.37. The number of benzene rings is 1. The maximum absolute atomic E-state index is 12.1. The summed E-state index contributed by atoms with van der Waals surface area (Å²) in [5.41, 5.74) is 1.05. The summed E-state index contributed by atoms with van der Waals surface area (Å²) in [6.45, 7) is 0.627. The number of hydrogen-bond donors (Lipinski definition) is 2. The van der Waals surface area contributed by atoms with Gasteiger partial charge in [-0.2, -0.15) is 0 Å². The van der Waals surface area contributed by atoms with Gasteiger partial charge in [0.25, 0.3) is 11.8 Å². The topological polar surface area (TPSA) is 67.4 Å². The second-order valence-corrected chi connectivity index (χ2v) is 5.28. The van der Waals surface area contributed by atoms with Crippen LogP contribution in [0.1, 0.15) is 36.0 Å². The fourth-order valence-corrected chi connectivity index (χ4v) is 2.28. The van der Waals surface area contributed by atoms with Crippen LogP contribution in [-0.2, 0) is 9.53 Å². The smallest absolute Gasteiger partial charge is 0.253 e. The maximum Gasteiger partial charge on any atom is 0.253 e. The molecule has 0 spiro atoms. The van der Waals surface area contributed by atoms with Crippen molar-refractivity contribution >= 4 is 17.5 Å². The van der Waals surface area contributed by atoms with Crippen LogP contribution in [0.4, 0.5) is 5.69 Å². The predicted molar refractivity (Wildman–Crippen MR) is 74.5 cm³/mol. The quantitative estimate of drug-likeness (QED) is 0.878. The molecule has 20 heavy (non-hydrogen) atoms. The molecule has 1 aliphatic heterocycles. The predicted octanol–water partition coefficient (Wildman–Crippen LogP) is 1.70. The van der Waals surface area contributed by atoms with Crippen LogP contribution in [0.15, 0.2) is 24.3 Å². The summed E-state index contributed by atoms with van der Waals surface area (Å²) in [4.78, 5) is 24.2. The highest BCUT2D eigenvalue weighted by Gasteiger charge is 2.27. The summed E-state index contributed by atoms with van der Waals surface area (Å²) in [5, 5.41) is 5.73. The molecule has 0 bridgehead atoms. The molecule has 1 aliphatic carbocycles. The normalized spacial score (nSPS) is 21.5. The standard InChI is InChI=1S/C15H18N2O3/c18-14(16-10-7-8-10)11-4-1-2-5-12(11)17-15(19)13-6-3-9-20-13/h1-2,4-5,10,13H,3,6-9H2,(H,16,18)(H,17,19). The highest BCUT2D eigenvalue weighted by atomic mass is 16.5. The average molecular weight is 274 g/mol. The van der Waals surface area contributed by atoms with E-state index >= 15 is 0 Å². The highest BCUT2D eigenvalue weighted by Crippen LogP contribution is 2.22. The summed E-state index contributed by atoms with van der Waals surface area (Å²) in [6.07, 6.45) is 3.32. The largest absolute Gasteiger partial charge is 0.368 e. The lowest BCUT2D eigenvalue weighted by Crippen LogP contribution is -2.30. The van der Waals surface area contributed by atoms with Gasteiger partial charge in [0.05, 0.1) is 11.3 Å². The Morgan fingerprint density at radius 3 is 2.65 bits per heavy atom. The molecule has 106 valence electrons. The first kappa shape index (κ1) is 13.1. The zero-order valence-corrected chi connectivity index (χ0v) is 11.2. The zero-order valence-electron chi connectivity index (χ0n) is 11.2. The van der Waals surface area contributed by atoms with Crippen molar-refractivity contribution < 1.29 is 14.3 Å². The Bertz CT molecular complexity index is 520. The fourth-order valence-electron chi connectivity index (χ4n) is 2.28. The van der Waals surface area contributed by atoms with E-state index in [1.165, 1.54) is 0 Å². The van der Waals surface area contributed by atoms with Crippen LogP contribution in [0.25, 0.3) is 0 Å². The molecule has 0 aromatic heterocycles. The van der Waals surface area contributed by atoms with E-state index in [0.29, 0.717) is 23.9 Å². The van der Waals surface area contributed by atoms with Crippen LogP contribution in [-0.4, -0.2) is 30.6 Å². The molecule has 5 heteroatoms. The van der Waals surface area contributed by atoms with E-state index in [9.17, 15) is 9.59 Å². The van der Waals surface area contributed by atoms with Crippen molar-refractivity contribution in [2.45, 2.75) is 37.8 Å². The molecule has 2 amide bonds. The first-order valence-corrected chi connectivity index (χ1v) is 7.06. The van der Waals surface area contributed by atoms with Crippen LogP contribution in [0.5, 0.6) is 0 Å². The van der Waals surface area contributed by atoms with Crippen molar-refractivity contribution in [3.05, 3.63) is 29.8 Å². The molecule has 1 saturated carbocycles. The van der Waals surface area contributed by atoms with Gasteiger partial charge >= 0.3 is 0 Å². The van der Waals surface area contributed by atoms with Crippen molar-refractivity contribution in [3.63, 3.8) is 0 Å². The molecule has 2 N–H and O–H groups in total. The maximum atomic E-state index is 12.1. The summed E-state index contributed by atoms with van der Waals surface area (Å²) in [5.74, 6) is -0.301. The van der Waals surface area contributed by atoms with Crippen LogP contribution in [0.2, 0.25) is 0 Å². The molecule has 1 unspecified atom stereocenters. The highest BCUT2D eigenvalue weighted by molar-refractivity contribution is 6.04. The minimum absolute atomic E-state index is 0.129. The summed E-state index contributed by atoms with van der Waals surface area (Å²) < 4.78 is 5.35. The van der Waals surface area contributed by atoms with Gasteiger partial charge in [0.15, 0.2) is 0 Å². The molecule has 1 heterocycles. The number of amides is 2. The number of nitrogens with one attached hydrogen (secondary N) is 2. The Kier molecular flexibility index (Phi) is 3.69. The molecular formula is C15H18N2O3. The molecule has 2 fully saturated rings. The lowest BCUT2D eigenvalue weighted by atomic mass is 10.1. The number of anilines is 1. The Balaban J connectivity index is 1.71. The Labute approximate surface area is 117 Å². The number of carbonyl (C=O) groups excluding carboxylic acids is 2. The van der Waals surface area contributed by atoms with Gasteiger partial charge in [-0.05, 0) is 37.8 Å². The Morgan fingerprint density at radius 1 is 1.15 bits per heavy atom. The molecule has 1 saturated heterocycles. The van der Waals surface area contributed by atoms with E-state index in [2.05, 4.69) is 10.6 Å². The minimum atomic E-state index is -0.394. The van der Waals surface area contributed by atoms with Crippen LogP contribution >= 0.6 is 0 Å². The van der Waals surface area contributed by atoms with Crippen molar-refractivity contribution in [1.82, 2.24) is 5.32 Å². The van der Waals surface area contributed by atoms with E-state index in [1.807, 2.05) is 0 Å². The number of para-hydroxylation sites is 1. The lowest BCUT2D eigenvalue weighted by Gasteiger charge is -2.13. The van der Waals surface area contributed by atoms with Gasteiger partial charge in [-0.25, -0.2) is 0 Å². The third-order valence-electron chi connectivity index (χ3n) is 3.56. The molecule has 2 aliphatic rings. The van der Waals surface area contributed by atoms with Crippen molar-refractivity contribution in [1.29, 1.82) is 0 Å². The van der Waals surface area contributed by atoms with Gasteiger partial charge in [-0.15, -0.1) is 0 Å². The third kappa shape index (κ3) is 2.99. The molecule has 3 rings (SSSR count). The van der Waals surface area contributed by atoms with Crippen LogP contribution < -0.4 is 10.6 Å². The van der Waals surface area contributed by atoms with Crippen molar-refractivity contribution in [2.75, 3.05) is 11.9 Å². The van der Waals surface area contributed by atoms with E-state index in [-0.39, 0.29) is 11.8 Å². The fraction of sp³-hybridized carbons (Fsp3) is 0.467. The summed E-state index contributed by atoms with van der Waals surface area (Å²) >= 11 is 0. The minimum Gasteiger partial charge on any atom is -0.368 e. The van der Waals surface area contributed by atoms with Crippen LogP contribution in [0.3, 0.4) is 0 Å². The van der Waals surface area contributed by atoms with Gasteiger partial charge in [0.2, 0.25) is 0 Å². The second kappa shape index (κ2) is 5.63. The van der Waals surface area contributed by atoms with E-state index in [1.54, 1.807) is 24.3 Å². The SMILES string of the molecule is O=C(NC1CC1)c1ccccc1NC(=O)C1CCCO1. The van der Waals surface area contributed by atoms with Gasteiger partial charge in [-0.1, -0.05) is 12.1 Å².